The zero-order chi connectivity index (χ0) is 14.7. The Bertz CT molecular complexity index is 596. The number of carbonyl (C=O) groups is 3. The number of nitrogens with zero attached hydrogens (tertiary/aromatic N) is 1. The first-order chi connectivity index (χ1) is 9.47. The number of hydrogen-bond donors (Lipinski definition) is 2. The van der Waals surface area contributed by atoms with Gasteiger partial charge >= 0.3 is 12.0 Å². The highest BCUT2D eigenvalue weighted by Crippen LogP contribution is 2.15. The SMILES string of the molecule is O=C(O)C=Cc1cc(CN2C(=O)CNC2=O)ccc1F. The van der Waals surface area contributed by atoms with Crippen LogP contribution in [0.1, 0.15) is 11.1 Å². The first-order valence-electron chi connectivity index (χ1n) is 5.75. The average Bonchev–Trinajstić information content (AvgIpc) is 2.71. The van der Waals surface area contributed by atoms with Gasteiger partial charge in [-0.1, -0.05) is 6.07 Å². The summed E-state index contributed by atoms with van der Waals surface area (Å²) in [4.78, 5) is 34.2. The van der Waals surface area contributed by atoms with Crippen molar-refractivity contribution in [1.82, 2.24) is 10.2 Å². The first kappa shape index (κ1) is 13.7. The summed E-state index contributed by atoms with van der Waals surface area (Å²) >= 11 is 0. The largest absolute Gasteiger partial charge is 0.478 e. The fraction of sp³-hybridized carbons (Fsp3) is 0.154. The molecule has 0 aromatic heterocycles. The van der Waals surface area contributed by atoms with Crippen molar-refractivity contribution in [3.8, 4) is 0 Å². The molecule has 0 bridgehead atoms. The molecule has 0 spiro atoms. The summed E-state index contributed by atoms with van der Waals surface area (Å²) in [6.45, 7) is -0.0370. The first-order valence-corrected chi connectivity index (χ1v) is 5.75. The minimum Gasteiger partial charge on any atom is -0.478 e. The lowest BCUT2D eigenvalue weighted by Gasteiger charge is -2.12. The molecule has 2 N–H and O–H groups in total. The number of aliphatic carboxylic acids is 1. The molecule has 1 heterocycles. The minimum atomic E-state index is -1.19. The zero-order valence-corrected chi connectivity index (χ0v) is 10.3. The van der Waals surface area contributed by atoms with Gasteiger partial charge in [-0.15, -0.1) is 0 Å². The maximum atomic E-state index is 13.5. The lowest BCUT2D eigenvalue weighted by molar-refractivity contribution is -0.131. The molecule has 0 atom stereocenters. The van der Waals surface area contributed by atoms with Crippen LogP contribution in [0.4, 0.5) is 9.18 Å². The highest BCUT2D eigenvalue weighted by molar-refractivity contribution is 6.01. The van der Waals surface area contributed by atoms with Crippen molar-refractivity contribution in [1.29, 1.82) is 0 Å². The third-order valence-corrected chi connectivity index (χ3v) is 2.74. The number of amides is 3. The summed E-state index contributed by atoms with van der Waals surface area (Å²) < 4.78 is 13.5. The number of hydrogen-bond acceptors (Lipinski definition) is 3. The molecular formula is C13H11FN2O4. The number of carboxylic acid groups (broad SMARTS) is 1. The normalized spacial score (nSPS) is 14.9. The number of rotatable bonds is 4. The van der Waals surface area contributed by atoms with Gasteiger partial charge in [0.1, 0.15) is 5.82 Å². The molecule has 7 heteroatoms. The van der Waals surface area contributed by atoms with Crippen LogP contribution in [0.2, 0.25) is 0 Å². The zero-order valence-electron chi connectivity index (χ0n) is 10.3. The lowest BCUT2D eigenvalue weighted by Crippen LogP contribution is -2.30. The van der Waals surface area contributed by atoms with Gasteiger partial charge in [-0.3, -0.25) is 9.69 Å². The van der Waals surface area contributed by atoms with Gasteiger partial charge in [-0.2, -0.15) is 0 Å². The molecule has 3 amide bonds. The van der Waals surface area contributed by atoms with Crippen LogP contribution in [0.25, 0.3) is 6.08 Å². The summed E-state index contributed by atoms with van der Waals surface area (Å²) in [5.74, 6) is -2.13. The van der Waals surface area contributed by atoms with E-state index in [1.807, 2.05) is 0 Å². The van der Waals surface area contributed by atoms with Crippen LogP contribution in [-0.4, -0.2) is 34.5 Å². The van der Waals surface area contributed by atoms with Crippen molar-refractivity contribution >= 4 is 24.0 Å². The van der Waals surface area contributed by atoms with Gasteiger partial charge in [0.2, 0.25) is 5.91 Å². The Kier molecular flexibility index (Phi) is 3.79. The average molecular weight is 278 g/mol. The summed E-state index contributed by atoms with van der Waals surface area (Å²) in [6.07, 6.45) is 1.93. The molecule has 0 radical (unpaired) electrons. The molecule has 1 aliphatic rings. The molecule has 1 aromatic carbocycles. The van der Waals surface area contributed by atoms with Crippen molar-refractivity contribution in [2.24, 2.45) is 0 Å². The number of carboxylic acids is 1. The Balaban J connectivity index is 2.21. The summed E-state index contributed by atoms with van der Waals surface area (Å²) in [7, 11) is 0. The number of imide groups is 1. The third-order valence-electron chi connectivity index (χ3n) is 2.74. The van der Waals surface area contributed by atoms with Gasteiger partial charge in [-0.25, -0.2) is 14.0 Å². The van der Waals surface area contributed by atoms with Gasteiger partial charge in [-0.05, 0) is 23.8 Å². The van der Waals surface area contributed by atoms with E-state index in [2.05, 4.69) is 5.32 Å². The number of halogens is 1. The van der Waals surface area contributed by atoms with Gasteiger partial charge < -0.3 is 10.4 Å². The van der Waals surface area contributed by atoms with Gasteiger partial charge in [0.05, 0.1) is 13.1 Å². The molecule has 0 unspecified atom stereocenters. The standard InChI is InChI=1S/C13H11FN2O4/c14-10-3-1-8(5-9(10)2-4-12(18)19)7-16-11(17)6-15-13(16)20/h1-5H,6-7H2,(H,15,20)(H,18,19). The quantitative estimate of drug-likeness (QED) is 0.635. The van der Waals surface area contributed by atoms with E-state index in [1.165, 1.54) is 12.1 Å². The third kappa shape index (κ3) is 3.00. The second-order valence-electron chi connectivity index (χ2n) is 4.17. The van der Waals surface area contributed by atoms with E-state index < -0.39 is 17.8 Å². The van der Waals surface area contributed by atoms with Crippen LogP contribution < -0.4 is 5.32 Å². The molecule has 1 aliphatic heterocycles. The molecule has 0 saturated carbocycles. The van der Waals surface area contributed by atoms with E-state index in [0.717, 1.165) is 23.1 Å². The van der Waals surface area contributed by atoms with Crippen LogP contribution in [0.15, 0.2) is 24.3 Å². The summed E-state index contributed by atoms with van der Waals surface area (Å²) in [5.41, 5.74) is 0.610. The van der Waals surface area contributed by atoms with E-state index >= 15 is 0 Å². The van der Waals surface area contributed by atoms with Crippen molar-refractivity contribution in [3.63, 3.8) is 0 Å². The molecule has 0 aliphatic carbocycles. The van der Waals surface area contributed by atoms with Gasteiger partial charge in [0, 0.05) is 11.6 Å². The smallest absolute Gasteiger partial charge is 0.328 e. The predicted octanol–water partition coefficient (Wildman–Crippen LogP) is 0.975. The number of nitrogens with one attached hydrogen (secondary N) is 1. The van der Waals surface area contributed by atoms with Crippen LogP contribution in [0, 0.1) is 5.82 Å². The second kappa shape index (κ2) is 5.52. The maximum absolute atomic E-state index is 13.5. The fourth-order valence-electron chi connectivity index (χ4n) is 1.78. The van der Waals surface area contributed by atoms with E-state index in [0.29, 0.717) is 5.56 Å². The van der Waals surface area contributed by atoms with Crippen molar-refractivity contribution in [2.75, 3.05) is 6.54 Å². The number of benzene rings is 1. The Labute approximate surface area is 113 Å². The minimum absolute atomic E-state index is 0.0128. The molecule has 1 aromatic rings. The molecule has 1 fully saturated rings. The number of carbonyl (C=O) groups excluding carboxylic acids is 2. The summed E-state index contributed by atoms with van der Waals surface area (Å²) in [5, 5.41) is 10.9. The highest BCUT2D eigenvalue weighted by atomic mass is 19.1. The Morgan fingerprint density at radius 1 is 1.45 bits per heavy atom. The monoisotopic (exact) mass is 278 g/mol. The van der Waals surface area contributed by atoms with Crippen LogP contribution in [0.5, 0.6) is 0 Å². The molecule has 20 heavy (non-hydrogen) atoms. The molecule has 104 valence electrons. The van der Waals surface area contributed by atoms with Crippen molar-refractivity contribution in [2.45, 2.75) is 6.54 Å². The van der Waals surface area contributed by atoms with Crippen molar-refractivity contribution in [3.05, 3.63) is 41.2 Å². The van der Waals surface area contributed by atoms with Crippen LogP contribution >= 0.6 is 0 Å². The Morgan fingerprint density at radius 3 is 2.80 bits per heavy atom. The van der Waals surface area contributed by atoms with E-state index in [1.54, 1.807) is 0 Å². The molecule has 1 saturated heterocycles. The Hall–Kier alpha value is -2.70. The second-order valence-corrected chi connectivity index (χ2v) is 4.17. The van der Waals surface area contributed by atoms with E-state index in [-0.39, 0.29) is 24.6 Å². The van der Waals surface area contributed by atoms with Gasteiger partial charge in [0.15, 0.2) is 0 Å². The van der Waals surface area contributed by atoms with E-state index in [4.69, 9.17) is 5.11 Å². The summed E-state index contributed by atoms with van der Waals surface area (Å²) in [6, 6.07) is 3.50. The van der Waals surface area contributed by atoms with E-state index in [9.17, 15) is 18.8 Å². The molecule has 6 nitrogen and oxygen atoms in total. The molecular weight excluding hydrogens is 267 g/mol. The lowest BCUT2D eigenvalue weighted by atomic mass is 10.1. The number of urea groups is 1. The molecule has 2 rings (SSSR count). The van der Waals surface area contributed by atoms with Crippen LogP contribution in [0.3, 0.4) is 0 Å². The Morgan fingerprint density at radius 2 is 2.20 bits per heavy atom. The predicted molar refractivity (Wildman–Crippen MR) is 67.0 cm³/mol. The topological polar surface area (TPSA) is 86.7 Å². The van der Waals surface area contributed by atoms with Gasteiger partial charge in [0.25, 0.3) is 0 Å². The van der Waals surface area contributed by atoms with Crippen LogP contribution in [-0.2, 0) is 16.1 Å². The maximum Gasteiger partial charge on any atom is 0.328 e. The van der Waals surface area contributed by atoms with Crippen molar-refractivity contribution < 1.29 is 23.9 Å². The fourth-order valence-corrected chi connectivity index (χ4v) is 1.78. The highest BCUT2D eigenvalue weighted by Gasteiger charge is 2.28.